The van der Waals surface area contributed by atoms with E-state index in [1.807, 2.05) is 6.92 Å². The molecule has 3 N–H and O–H groups in total. The third-order valence-corrected chi connectivity index (χ3v) is 3.87. The van der Waals surface area contributed by atoms with Crippen molar-refractivity contribution >= 4 is 5.91 Å². The number of ether oxygens (including phenoxy) is 1. The average molecular weight is 243 g/mol. The molecule has 1 heterocycles. The third kappa shape index (κ3) is 3.94. The van der Waals surface area contributed by atoms with Gasteiger partial charge in [0.15, 0.2) is 0 Å². The van der Waals surface area contributed by atoms with Crippen LogP contribution in [0.2, 0.25) is 0 Å². The van der Waals surface area contributed by atoms with Crippen molar-refractivity contribution in [3.05, 3.63) is 0 Å². The molecule has 1 amide bonds. The van der Waals surface area contributed by atoms with Crippen LogP contribution < -0.4 is 11.1 Å². The first-order valence-corrected chi connectivity index (χ1v) is 6.26. The number of nitrogens with two attached hydrogens (primary N) is 1. The molecule has 0 aromatic rings. The summed E-state index contributed by atoms with van der Waals surface area (Å²) in [6.07, 6.45) is 2.87. The maximum atomic E-state index is 11.4. The van der Waals surface area contributed by atoms with Crippen molar-refractivity contribution in [2.24, 2.45) is 5.73 Å². The molecule has 5 nitrogen and oxygen atoms in total. The predicted molar refractivity (Wildman–Crippen MR) is 67.7 cm³/mol. The van der Waals surface area contributed by atoms with Gasteiger partial charge < -0.3 is 20.7 Å². The lowest BCUT2D eigenvalue weighted by Crippen LogP contribution is -2.53. The van der Waals surface area contributed by atoms with Gasteiger partial charge in [-0.25, -0.2) is 0 Å². The maximum absolute atomic E-state index is 11.4. The van der Waals surface area contributed by atoms with Gasteiger partial charge in [-0.15, -0.1) is 0 Å². The molecular formula is C12H25N3O2. The van der Waals surface area contributed by atoms with E-state index in [-0.39, 0.29) is 5.91 Å². The molecule has 5 heteroatoms. The number of nitrogens with one attached hydrogen (secondary N) is 1. The molecule has 0 aromatic carbocycles. The van der Waals surface area contributed by atoms with E-state index in [4.69, 9.17) is 10.5 Å². The fourth-order valence-corrected chi connectivity index (χ4v) is 2.08. The van der Waals surface area contributed by atoms with Gasteiger partial charge in [0.25, 0.3) is 0 Å². The first kappa shape index (κ1) is 14.4. The summed E-state index contributed by atoms with van der Waals surface area (Å²) < 4.78 is 5.34. The Morgan fingerprint density at radius 1 is 1.53 bits per heavy atom. The number of likely N-dealkylation sites (N-methyl/N-ethyl adjacent to an activating group) is 1. The molecule has 1 atom stereocenters. The van der Waals surface area contributed by atoms with E-state index in [0.717, 1.165) is 39.0 Å². The van der Waals surface area contributed by atoms with Crippen LogP contribution in [0.3, 0.4) is 0 Å². The molecular weight excluding hydrogens is 218 g/mol. The summed E-state index contributed by atoms with van der Waals surface area (Å²) in [7, 11) is 3.88. The number of hydrogen-bond acceptors (Lipinski definition) is 4. The van der Waals surface area contributed by atoms with E-state index in [0.29, 0.717) is 6.04 Å². The van der Waals surface area contributed by atoms with Crippen molar-refractivity contribution in [3.63, 3.8) is 0 Å². The zero-order chi connectivity index (χ0) is 12.9. The van der Waals surface area contributed by atoms with E-state index < -0.39 is 5.54 Å². The topological polar surface area (TPSA) is 67.6 Å². The average Bonchev–Trinajstić information content (AvgIpc) is 2.36. The zero-order valence-corrected chi connectivity index (χ0v) is 11.2. The van der Waals surface area contributed by atoms with Crippen LogP contribution in [0.5, 0.6) is 0 Å². The Bertz CT molecular complexity index is 254. The van der Waals surface area contributed by atoms with E-state index in [2.05, 4.69) is 17.3 Å². The lowest BCUT2D eigenvalue weighted by Gasteiger charge is -2.34. The fraction of sp³-hybridized carbons (Fsp3) is 0.917. The summed E-state index contributed by atoms with van der Waals surface area (Å²) in [6.45, 7) is 4.40. The number of carbonyl (C=O) groups excluding carboxylic acids is 1. The normalized spacial score (nSPS) is 21.4. The van der Waals surface area contributed by atoms with Gasteiger partial charge in [0.2, 0.25) is 5.91 Å². The second-order valence-electron chi connectivity index (χ2n) is 5.02. The largest absolute Gasteiger partial charge is 0.381 e. The summed E-state index contributed by atoms with van der Waals surface area (Å²) in [5.41, 5.74) is 4.79. The summed E-state index contributed by atoms with van der Waals surface area (Å²) >= 11 is 0. The van der Waals surface area contributed by atoms with E-state index >= 15 is 0 Å². The van der Waals surface area contributed by atoms with Crippen molar-refractivity contribution in [2.75, 3.05) is 33.9 Å². The van der Waals surface area contributed by atoms with Crippen molar-refractivity contribution in [3.8, 4) is 0 Å². The molecule has 1 fully saturated rings. The van der Waals surface area contributed by atoms with Crippen LogP contribution in [0, 0.1) is 0 Å². The van der Waals surface area contributed by atoms with Gasteiger partial charge in [-0.3, -0.25) is 4.79 Å². The Labute approximate surface area is 104 Å². The summed E-state index contributed by atoms with van der Waals surface area (Å²) in [5.74, 6) is -0.291. The minimum absolute atomic E-state index is 0.291. The van der Waals surface area contributed by atoms with E-state index in [1.165, 1.54) is 0 Å². The first-order valence-electron chi connectivity index (χ1n) is 6.26. The number of hydrogen-bond donors (Lipinski definition) is 2. The number of nitrogens with zero attached hydrogens (tertiary/aromatic N) is 1. The Morgan fingerprint density at radius 3 is 2.59 bits per heavy atom. The first-order chi connectivity index (χ1) is 7.99. The Kier molecular flexibility index (Phi) is 5.36. The molecule has 100 valence electrons. The number of carbonyl (C=O) groups is 1. The maximum Gasteiger partial charge on any atom is 0.237 e. The van der Waals surface area contributed by atoms with Crippen molar-refractivity contribution < 1.29 is 9.53 Å². The van der Waals surface area contributed by atoms with Crippen LogP contribution in [0.15, 0.2) is 0 Å². The summed E-state index contributed by atoms with van der Waals surface area (Å²) in [5, 5.41) is 3.01. The molecule has 1 saturated heterocycles. The molecule has 0 radical (unpaired) electrons. The smallest absolute Gasteiger partial charge is 0.237 e. The van der Waals surface area contributed by atoms with Crippen molar-refractivity contribution in [1.82, 2.24) is 10.2 Å². The van der Waals surface area contributed by atoms with Gasteiger partial charge in [-0.1, -0.05) is 0 Å². The predicted octanol–water partition coefficient (Wildman–Crippen LogP) is -0.0493. The highest BCUT2D eigenvalue weighted by Gasteiger charge is 2.30. The number of amides is 1. The minimum Gasteiger partial charge on any atom is -0.381 e. The van der Waals surface area contributed by atoms with Crippen LogP contribution in [-0.4, -0.2) is 56.2 Å². The second-order valence-corrected chi connectivity index (χ2v) is 5.02. The van der Waals surface area contributed by atoms with Crippen LogP contribution in [0.25, 0.3) is 0 Å². The highest BCUT2D eigenvalue weighted by molar-refractivity contribution is 5.84. The molecule has 17 heavy (non-hydrogen) atoms. The summed E-state index contributed by atoms with van der Waals surface area (Å²) in [6, 6.07) is 0.567. The molecule has 0 aromatic heterocycles. The minimum atomic E-state index is -0.612. The molecule has 1 rings (SSSR count). The molecule has 1 unspecified atom stereocenters. The van der Waals surface area contributed by atoms with Crippen LogP contribution in [-0.2, 0) is 9.53 Å². The lowest BCUT2D eigenvalue weighted by atomic mass is 9.96. The summed E-state index contributed by atoms with van der Waals surface area (Å²) in [4.78, 5) is 13.7. The Hall–Kier alpha value is -0.650. The van der Waals surface area contributed by atoms with Gasteiger partial charge in [0, 0.05) is 25.8 Å². The molecule has 0 aliphatic carbocycles. The third-order valence-electron chi connectivity index (χ3n) is 3.87. The van der Waals surface area contributed by atoms with Gasteiger partial charge in [0.05, 0.1) is 5.54 Å². The second kappa shape index (κ2) is 6.33. The molecule has 0 bridgehead atoms. The van der Waals surface area contributed by atoms with Gasteiger partial charge >= 0.3 is 0 Å². The van der Waals surface area contributed by atoms with Gasteiger partial charge in [-0.05, 0) is 40.3 Å². The highest BCUT2D eigenvalue weighted by atomic mass is 16.5. The monoisotopic (exact) mass is 243 g/mol. The molecule has 1 aliphatic rings. The SMILES string of the molecule is CNC(C)(CCN(C)C1CCOCC1)C(N)=O. The van der Waals surface area contributed by atoms with Crippen LogP contribution in [0.1, 0.15) is 26.2 Å². The van der Waals surface area contributed by atoms with Gasteiger partial charge in [0.1, 0.15) is 0 Å². The van der Waals surface area contributed by atoms with E-state index in [9.17, 15) is 4.79 Å². The number of primary amides is 1. The van der Waals surface area contributed by atoms with Crippen molar-refractivity contribution in [2.45, 2.75) is 37.8 Å². The molecule has 0 spiro atoms. The van der Waals surface area contributed by atoms with Crippen LogP contribution in [0.4, 0.5) is 0 Å². The standard InChI is InChI=1S/C12H25N3O2/c1-12(14-2,11(13)16)6-7-15(3)10-4-8-17-9-5-10/h10,14H,4-9H2,1-3H3,(H2,13,16). The molecule has 1 aliphatic heterocycles. The van der Waals surface area contributed by atoms with Crippen LogP contribution >= 0.6 is 0 Å². The van der Waals surface area contributed by atoms with Gasteiger partial charge in [-0.2, -0.15) is 0 Å². The Balaban J connectivity index is 2.40. The number of rotatable bonds is 6. The zero-order valence-electron chi connectivity index (χ0n) is 11.2. The fourth-order valence-electron chi connectivity index (χ4n) is 2.08. The lowest BCUT2D eigenvalue weighted by molar-refractivity contribution is -0.124. The van der Waals surface area contributed by atoms with Crippen molar-refractivity contribution in [1.29, 1.82) is 0 Å². The van der Waals surface area contributed by atoms with E-state index in [1.54, 1.807) is 7.05 Å². The Morgan fingerprint density at radius 2 is 2.12 bits per heavy atom. The quantitative estimate of drug-likeness (QED) is 0.686. The molecule has 0 saturated carbocycles. The highest BCUT2D eigenvalue weighted by Crippen LogP contribution is 2.15.